The van der Waals surface area contributed by atoms with Gasteiger partial charge in [-0.25, -0.2) is 0 Å². The molecule has 1 unspecified atom stereocenters. The third-order valence-electron chi connectivity index (χ3n) is 6.68. The molecule has 1 spiro atoms. The highest BCUT2D eigenvalue weighted by Crippen LogP contribution is 2.71. The van der Waals surface area contributed by atoms with Crippen LogP contribution in [-0.4, -0.2) is 65.2 Å². The van der Waals surface area contributed by atoms with Crippen LogP contribution in [-0.2, 0) is 23.8 Å². The van der Waals surface area contributed by atoms with E-state index in [4.69, 9.17) is 14.2 Å². The smallest absolute Gasteiger partial charge is 0.302 e. The van der Waals surface area contributed by atoms with Gasteiger partial charge in [0.15, 0.2) is 5.78 Å². The first-order valence-corrected chi connectivity index (χ1v) is 8.21. The maximum absolute atomic E-state index is 12.5. The number of fused-ring (bicyclic) bond motifs is 2. The molecule has 2 saturated heterocycles. The molecule has 7 heteroatoms. The average molecular weight is 338 g/mol. The predicted octanol–water partition coefficient (Wildman–Crippen LogP) is -0.267. The molecule has 0 amide bonds. The highest BCUT2D eigenvalue weighted by atomic mass is 16.6. The second kappa shape index (κ2) is 4.66. The van der Waals surface area contributed by atoms with Crippen molar-refractivity contribution in [3.63, 3.8) is 0 Å². The van der Waals surface area contributed by atoms with Gasteiger partial charge in [0.05, 0.1) is 24.2 Å². The Kier molecular flexibility index (Phi) is 3.15. The fraction of sp³-hybridized carbons (Fsp3) is 0.765. The summed E-state index contributed by atoms with van der Waals surface area (Å²) in [5, 5.41) is 21.4. The zero-order valence-electron chi connectivity index (χ0n) is 13.9. The molecule has 7 atom stereocenters. The summed E-state index contributed by atoms with van der Waals surface area (Å²) in [6.07, 6.45) is -1.30. The molecular weight excluding hydrogens is 316 g/mol. The van der Waals surface area contributed by atoms with Gasteiger partial charge in [-0.05, 0) is 25.0 Å². The highest BCUT2D eigenvalue weighted by Gasteiger charge is 2.83. The quantitative estimate of drug-likeness (QED) is 0.527. The lowest BCUT2D eigenvalue weighted by Gasteiger charge is -2.58. The number of esters is 1. The molecule has 0 aromatic rings. The van der Waals surface area contributed by atoms with Crippen LogP contribution in [0.15, 0.2) is 11.6 Å². The summed E-state index contributed by atoms with van der Waals surface area (Å²) < 4.78 is 17.1. The normalized spacial score (nSPS) is 52.0. The van der Waals surface area contributed by atoms with E-state index in [1.807, 2.05) is 6.92 Å². The van der Waals surface area contributed by atoms with Gasteiger partial charge in [-0.2, -0.15) is 0 Å². The van der Waals surface area contributed by atoms with Crippen LogP contribution >= 0.6 is 0 Å². The Labute approximate surface area is 139 Å². The molecule has 0 radical (unpaired) electrons. The number of hydrogen-bond acceptors (Lipinski definition) is 7. The molecule has 3 fully saturated rings. The topological polar surface area (TPSA) is 106 Å². The van der Waals surface area contributed by atoms with Crippen LogP contribution in [0.5, 0.6) is 0 Å². The molecule has 4 aliphatic rings. The van der Waals surface area contributed by atoms with Crippen molar-refractivity contribution in [2.24, 2.45) is 10.8 Å². The molecule has 2 N–H and O–H groups in total. The number of rotatable bonds is 2. The minimum Gasteiger partial charge on any atom is -0.465 e. The average Bonchev–Trinajstić information content (AvgIpc) is 3.27. The number of ketones is 1. The van der Waals surface area contributed by atoms with Crippen molar-refractivity contribution in [2.45, 2.75) is 57.2 Å². The van der Waals surface area contributed by atoms with Crippen LogP contribution in [0.2, 0.25) is 0 Å². The van der Waals surface area contributed by atoms with E-state index >= 15 is 0 Å². The minimum absolute atomic E-state index is 0.162. The van der Waals surface area contributed by atoms with Crippen LogP contribution in [0.25, 0.3) is 0 Å². The van der Waals surface area contributed by atoms with E-state index in [1.54, 1.807) is 13.0 Å². The number of carbonyl (C=O) groups is 2. The lowest BCUT2D eigenvalue weighted by atomic mass is 9.50. The first-order valence-electron chi connectivity index (χ1n) is 8.21. The largest absolute Gasteiger partial charge is 0.465 e. The maximum atomic E-state index is 12.5. The molecular formula is C17H22O7. The van der Waals surface area contributed by atoms with E-state index in [2.05, 4.69) is 0 Å². The van der Waals surface area contributed by atoms with Gasteiger partial charge >= 0.3 is 5.97 Å². The predicted molar refractivity (Wildman–Crippen MR) is 79.9 cm³/mol. The molecule has 7 nitrogen and oxygen atoms in total. The molecule has 2 bridgehead atoms. The summed E-state index contributed by atoms with van der Waals surface area (Å²) in [5.41, 5.74) is -2.27. The van der Waals surface area contributed by atoms with Crippen molar-refractivity contribution in [3.8, 4) is 0 Å². The van der Waals surface area contributed by atoms with Crippen molar-refractivity contribution in [3.05, 3.63) is 11.6 Å². The second-order valence-electron chi connectivity index (χ2n) is 7.70. The zero-order valence-corrected chi connectivity index (χ0v) is 13.9. The molecule has 24 heavy (non-hydrogen) atoms. The van der Waals surface area contributed by atoms with Crippen LogP contribution < -0.4 is 0 Å². The SMILES string of the molecule is CC(=O)OC[C@]12[C@H](O)C(=O)C(C)=C[C@H]1O[C@@H]1[C@H](O)C[C@@]2(C)C12CO2. The lowest BCUT2D eigenvalue weighted by Crippen LogP contribution is -2.70. The van der Waals surface area contributed by atoms with E-state index in [1.165, 1.54) is 6.92 Å². The van der Waals surface area contributed by atoms with Gasteiger partial charge in [0.25, 0.3) is 0 Å². The number of hydrogen-bond donors (Lipinski definition) is 2. The zero-order chi connectivity index (χ0) is 17.5. The minimum atomic E-state index is -1.39. The fourth-order valence-corrected chi connectivity index (χ4v) is 5.21. The molecule has 0 aromatic carbocycles. The molecule has 4 rings (SSSR count). The molecule has 2 aliphatic heterocycles. The van der Waals surface area contributed by atoms with Crippen molar-refractivity contribution in [2.75, 3.05) is 13.2 Å². The Hall–Kier alpha value is -1.28. The van der Waals surface area contributed by atoms with Crippen LogP contribution in [0.4, 0.5) is 0 Å². The van der Waals surface area contributed by atoms with Crippen molar-refractivity contribution in [1.82, 2.24) is 0 Å². The Morgan fingerprint density at radius 3 is 2.71 bits per heavy atom. The van der Waals surface area contributed by atoms with E-state index in [0.29, 0.717) is 18.6 Å². The van der Waals surface area contributed by atoms with Gasteiger partial charge in [-0.1, -0.05) is 6.92 Å². The molecule has 0 aromatic heterocycles. The van der Waals surface area contributed by atoms with Gasteiger partial charge in [0, 0.05) is 12.3 Å². The van der Waals surface area contributed by atoms with Crippen LogP contribution in [0.3, 0.4) is 0 Å². The monoisotopic (exact) mass is 338 g/mol. The van der Waals surface area contributed by atoms with Gasteiger partial charge in [0.1, 0.15) is 24.4 Å². The molecule has 2 heterocycles. The Balaban J connectivity index is 1.89. The van der Waals surface area contributed by atoms with E-state index < -0.39 is 52.6 Å². The number of carbonyl (C=O) groups excluding carboxylic acids is 2. The number of ether oxygens (including phenoxy) is 3. The summed E-state index contributed by atoms with van der Waals surface area (Å²) >= 11 is 0. The number of aliphatic hydroxyl groups is 2. The van der Waals surface area contributed by atoms with Gasteiger partial charge in [0.2, 0.25) is 0 Å². The summed E-state index contributed by atoms with van der Waals surface area (Å²) in [6.45, 7) is 5.04. The van der Waals surface area contributed by atoms with E-state index in [-0.39, 0.29) is 6.61 Å². The summed E-state index contributed by atoms with van der Waals surface area (Å²) in [6, 6.07) is 0. The van der Waals surface area contributed by atoms with Crippen molar-refractivity contribution in [1.29, 1.82) is 0 Å². The second-order valence-corrected chi connectivity index (χ2v) is 7.70. The Morgan fingerprint density at radius 2 is 2.12 bits per heavy atom. The number of epoxide rings is 1. The fourth-order valence-electron chi connectivity index (χ4n) is 5.21. The summed E-state index contributed by atoms with van der Waals surface area (Å²) in [4.78, 5) is 24.0. The maximum Gasteiger partial charge on any atom is 0.302 e. The van der Waals surface area contributed by atoms with Gasteiger partial charge in [-0.15, -0.1) is 0 Å². The first kappa shape index (κ1) is 16.2. The first-order chi connectivity index (χ1) is 11.2. The summed E-state index contributed by atoms with van der Waals surface area (Å²) in [5.74, 6) is -0.900. The standard InChI is InChI=1S/C17H22O7/c1-8-4-11-16(6-22-9(2)18,13(21)12(8)20)15(3)5-10(19)14(24-11)17(15)7-23-17/h4,10-11,13-14,19,21H,5-7H2,1-3H3/t10-,11-,13-,14-,15-,16-,17?/m1/s1. The third kappa shape index (κ3) is 1.61. The van der Waals surface area contributed by atoms with Gasteiger partial charge < -0.3 is 24.4 Å². The number of aliphatic hydroxyl groups excluding tert-OH is 2. The summed E-state index contributed by atoms with van der Waals surface area (Å²) in [7, 11) is 0. The number of Topliss-reactive ketones (excluding diaryl/α,β-unsaturated/α-hetero) is 1. The van der Waals surface area contributed by atoms with Crippen molar-refractivity contribution < 1.29 is 34.0 Å². The lowest BCUT2D eigenvalue weighted by molar-refractivity contribution is -0.247. The third-order valence-corrected chi connectivity index (χ3v) is 6.68. The Bertz CT molecular complexity index is 651. The van der Waals surface area contributed by atoms with Crippen LogP contribution in [0.1, 0.15) is 27.2 Å². The Morgan fingerprint density at radius 1 is 1.46 bits per heavy atom. The van der Waals surface area contributed by atoms with E-state index in [9.17, 15) is 19.8 Å². The van der Waals surface area contributed by atoms with Crippen LogP contribution in [0, 0.1) is 10.8 Å². The van der Waals surface area contributed by atoms with Gasteiger partial charge in [-0.3, -0.25) is 9.59 Å². The highest BCUT2D eigenvalue weighted by molar-refractivity contribution is 6.00. The molecule has 1 saturated carbocycles. The van der Waals surface area contributed by atoms with E-state index in [0.717, 1.165) is 0 Å². The van der Waals surface area contributed by atoms with Crippen molar-refractivity contribution >= 4 is 11.8 Å². The molecule has 2 aliphatic carbocycles. The molecule has 132 valence electrons.